The van der Waals surface area contributed by atoms with E-state index < -0.39 is 0 Å². The van der Waals surface area contributed by atoms with E-state index in [1.165, 1.54) is 16.3 Å². The standard InChI is InChI=1S/C17H18N4/c1-12-20-16(18-2)10-17(21-12)19-11-14-8-5-7-13-6-3-4-9-15(13)14/h3-10H,11H2,1-2H3,(H2,18,19,20,21). The fraction of sp³-hybridized carbons (Fsp3) is 0.176. The van der Waals surface area contributed by atoms with Crippen LogP contribution in [0.25, 0.3) is 10.8 Å². The summed E-state index contributed by atoms with van der Waals surface area (Å²) in [5.41, 5.74) is 1.26. The molecule has 0 aliphatic rings. The van der Waals surface area contributed by atoms with E-state index in [1.807, 2.05) is 20.0 Å². The Balaban J connectivity index is 1.85. The molecular formula is C17H18N4. The van der Waals surface area contributed by atoms with Gasteiger partial charge in [0.15, 0.2) is 0 Å². The van der Waals surface area contributed by atoms with Crippen molar-refractivity contribution in [3.05, 3.63) is 59.9 Å². The maximum absolute atomic E-state index is 4.41. The summed E-state index contributed by atoms with van der Waals surface area (Å²) in [6.07, 6.45) is 0. The van der Waals surface area contributed by atoms with Gasteiger partial charge in [-0.25, -0.2) is 9.97 Å². The molecule has 2 aromatic carbocycles. The zero-order valence-corrected chi connectivity index (χ0v) is 12.2. The molecule has 0 aliphatic heterocycles. The third kappa shape index (κ3) is 2.94. The fourth-order valence-corrected chi connectivity index (χ4v) is 2.42. The summed E-state index contributed by atoms with van der Waals surface area (Å²) >= 11 is 0. The second-order valence-corrected chi connectivity index (χ2v) is 4.93. The Labute approximate surface area is 124 Å². The Morgan fingerprint density at radius 1 is 0.952 bits per heavy atom. The summed E-state index contributed by atoms with van der Waals surface area (Å²) in [4.78, 5) is 8.71. The van der Waals surface area contributed by atoms with E-state index in [2.05, 4.69) is 63.1 Å². The number of benzene rings is 2. The molecule has 2 N–H and O–H groups in total. The van der Waals surface area contributed by atoms with Crippen LogP contribution in [0, 0.1) is 6.92 Å². The van der Waals surface area contributed by atoms with E-state index in [0.29, 0.717) is 0 Å². The van der Waals surface area contributed by atoms with Gasteiger partial charge >= 0.3 is 0 Å². The minimum Gasteiger partial charge on any atom is -0.373 e. The van der Waals surface area contributed by atoms with Crippen LogP contribution >= 0.6 is 0 Å². The molecule has 0 amide bonds. The average molecular weight is 278 g/mol. The smallest absolute Gasteiger partial charge is 0.132 e. The molecule has 106 valence electrons. The third-order valence-corrected chi connectivity index (χ3v) is 3.43. The lowest BCUT2D eigenvalue weighted by atomic mass is 10.0. The lowest BCUT2D eigenvalue weighted by Gasteiger charge is -2.10. The van der Waals surface area contributed by atoms with Gasteiger partial charge < -0.3 is 10.6 Å². The molecule has 3 rings (SSSR count). The van der Waals surface area contributed by atoms with Crippen molar-refractivity contribution in [3.63, 3.8) is 0 Å². The van der Waals surface area contributed by atoms with Gasteiger partial charge in [0.1, 0.15) is 17.5 Å². The molecule has 4 heteroatoms. The molecule has 0 spiro atoms. The van der Waals surface area contributed by atoms with Gasteiger partial charge in [0.05, 0.1) is 0 Å². The van der Waals surface area contributed by atoms with Gasteiger partial charge in [-0.05, 0) is 23.3 Å². The number of aromatic nitrogens is 2. The highest BCUT2D eigenvalue weighted by atomic mass is 15.1. The van der Waals surface area contributed by atoms with E-state index in [1.54, 1.807) is 0 Å². The van der Waals surface area contributed by atoms with Gasteiger partial charge in [0, 0.05) is 19.7 Å². The van der Waals surface area contributed by atoms with Crippen LogP contribution in [0.1, 0.15) is 11.4 Å². The molecule has 0 bridgehead atoms. The fourth-order valence-electron chi connectivity index (χ4n) is 2.42. The first-order chi connectivity index (χ1) is 10.3. The Kier molecular flexibility index (Phi) is 3.69. The quantitative estimate of drug-likeness (QED) is 0.765. The highest BCUT2D eigenvalue weighted by Gasteiger charge is 2.03. The molecule has 1 heterocycles. The predicted octanol–water partition coefficient (Wildman–Crippen LogP) is 3.59. The summed E-state index contributed by atoms with van der Waals surface area (Å²) < 4.78 is 0. The van der Waals surface area contributed by atoms with Crippen LogP contribution in [-0.4, -0.2) is 17.0 Å². The summed E-state index contributed by atoms with van der Waals surface area (Å²) in [6.45, 7) is 2.63. The number of rotatable bonds is 4. The van der Waals surface area contributed by atoms with Crippen molar-refractivity contribution in [1.82, 2.24) is 9.97 Å². The Morgan fingerprint density at radius 3 is 2.57 bits per heavy atom. The van der Waals surface area contributed by atoms with Gasteiger partial charge in [-0.3, -0.25) is 0 Å². The first-order valence-electron chi connectivity index (χ1n) is 7.00. The van der Waals surface area contributed by atoms with E-state index in [-0.39, 0.29) is 0 Å². The van der Waals surface area contributed by atoms with E-state index >= 15 is 0 Å². The molecule has 21 heavy (non-hydrogen) atoms. The molecule has 0 saturated carbocycles. The molecule has 4 nitrogen and oxygen atoms in total. The van der Waals surface area contributed by atoms with Crippen molar-refractivity contribution in [2.45, 2.75) is 13.5 Å². The van der Waals surface area contributed by atoms with Gasteiger partial charge in [-0.1, -0.05) is 42.5 Å². The number of fused-ring (bicyclic) bond motifs is 1. The summed E-state index contributed by atoms with van der Waals surface area (Å²) in [5.74, 6) is 2.41. The van der Waals surface area contributed by atoms with Crippen LogP contribution < -0.4 is 10.6 Å². The zero-order valence-electron chi connectivity index (χ0n) is 12.2. The molecular weight excluding hydrogens is 260 g/mol. The minimum atomic E-state index is 0.737. The second-order valence-electron chi connectivity index (χ2n) is 4.93. The van der Waals surface area contributed by atoms with Crippen molar-refractivity contribution in [3.8, 4) is 0 Å². The largest absolute Gasteiger partial charge is 0.373 e. The highest BCUT2D eigenvalue weighted by Crippen LogP contribution is 2.20. The summed E-state index contributed by atoms with van der Waals surface area (Å²) in [5, 5.41) is 8.95. The summed E-state index contributed by atoms with van der Waals surface area (Å²) in [7, 11) is 1.86. The van der Waals surface area contributed by atoms with E-state index in [0.717, 1.165) is 24.0 Å². The lowest BCUT2D eigenvalue weighted by molar-refractivity contribution is 1.03. The third-order valence-electron chi connectivity index (χ3n) is 3.43. The highest BCUT2D eigenvalue weighted by molar-refractivity contribution is 5.85. The molecule has 0 unspecified atom stereocenters. The van der Waals surface area contributed by atoms with Crippen LogP contribution in [0.3, 0.4) is 0 Å². The van der Waals surface area contributed by atoms with Crippen molar-refractivity contribution in [2.75, 3.05) is 17.7 Å². The number of hydrogen-bond donors (Lipinski definition) is 2. The van der Waals surface area contributed by atoms with Crippen molar-refractivity contribution < 1.29 is 0 Å². The lowest BCUT2D eigenvalue weighted by Crippen LogP contribution is -2.05. The van der Waals surface area contributed by atoms with Gasteiger partial charge in [-0.2, -0.15) is 0 Å². The van der Waals surface area contributed by atoms with E-state index in [9.17, 15) is 0 Å². The topological polar surface area (TPSA) is 49.8 Å². The predicted molar refractivity (Wildman–Crippen MR) is 87.6 cm³/mol. The molecule has 0 atom stereocenters. The second kappa shape index (κ2) is 5.79. The zero-order chi connectivity index (χ0) is 14.7. The Hall–Kier alpha value is -2.62. The minimum absolute atomic E-state index is 0.737. The van der Waals surface area contributed by atoms with Crippen LogP contribution in [0.4, 0.5) is 11.6 Å². The normalized spacial score (nSPS) is 10.6. The van der Waals surface area contributed by atoms with E-state index in [4.69, 9.17) is 0 Å². The number of aryl methyl sites for hydroxylation is 1. The average Bonchev–Trinajstić information content (AvgIpc) is 2.52. The molecule has 1 aromatic heterocycles. The maximum atomic E-state index is 4.41. The molecule has 0 aliphatic carbocycles. The number of hydrogen-bond acceptors (Lipinski definition) is 4. The first kappa shape index (κ1) is 13.4. The molecule has 3 aromatic rings. The van der Waals surface area contributed by atoms with Gasteiger partial charge in [-0.15, -0.1) is 0 Å². The Bertz CT molecular complexity index is 762. The van der Waals surface area contributed by atoms with Gasteiger partial charge in [0.25, 0.3) is 0 Å². The van der Waals surface area contributed by atoms with Crippen LogP contribution in [0.2, 0.25) is 0 Å². The van der Waals surface area contributed by atoms with Gasteiger partial charge in [0.2, 0.25) is 0 Å². The van der Waals surface area contributed by atoms with Crippen molar-refractivity contribution in [2.24, 2.45) is 0 Å². The monoisotopic (exact) mass is 278 g/mol. The SMILES string of the molecule is CNc1cc(NCc2cccc3ccccc23)nc(C)n1. The number of nitrogens with zero attached hydrogens (tertiary/aromatic N) is 2. The number of anilines is 2. The molecule has 0 radical (unpaired) electrons. The van der Waals surface area contributed by atoms with Crippen LogP contribution in [0.5, 0.6) is 0 Å². The Morgan fingerprint density at radius 2 is 1.71 bits per heavy atom. The molecule has 0 fully saturated rings. The summed E-state index contributed by atoms with van der Waals surface area (Å²) in [6, 6.07) is 16.7. The van der Waals surface area contributed by atoms with Crippen molar-refractivity contribution >= 4 is 22.4 Å². The maximum Gasteiger partial charge on any atom is 0.132 e. The van der Waals surface area contributed by atoms with Crippen LogP contribution in [0.15, 0.2) is 48.5 Å². The first-order valence-corrected chi connectivity index (χ1v) is 7.00. The molecule has 0 saturated heterocycles. The van der Waals surface area contributed by atoms with Crippen LogP contribution in [-0.2, 0) is 6.54 Å². The van der Waals surface area contributed by atoms with Crippen molar-refractivity contribution in [1.29, 1.82) is 0 Å². The number of nitrogens with one attached hydrogen (secondary N) is 2.